The van der Waals surface area contributed by atoms with Gasteiger partial charge in [0.05, 0.1) is 5.75 Å². The van der Waals surface area contributed by atoms with E-state index in [4.69, 9.17) is 10.9 Å². The van der Waals surface area contributed by atoms with Crippen molar-refractivity contribution in [2.45, 2.75) is 12.5 Å². The summed E-state index contributed by atoms with van der Waals surface area (Å²) in [5, 5.41) is 11.7. The number of nitrogens with two attached hydrogens (primary N) is 1. The second-order valence-corrected chi connectivity index (χ2v) is 7.09. The molecule has 1 aromatic carbocycles. The fourth-order valence-electron chi connectivity index (χ4n) is 1.91. The first-order chi connectivity index (χ1) is 9.33. The molecular formula is C13H21N3O3S. The monoisotopic (exact) mass is 299 g/mol. The van der Waals surface area contributed by atoms with Gasteiger partial charge in [0, 0.05) is 25.3 Å². The molecule has 0 saturated heterocycles. The summed E-state index contributed by atoms with van der Waals surface area (Å²) in [6.07, 6.45) is 1.54. The molecule has 6 nitrogen and oxygen atoms in total. The van der Waals surface area contributed by atoms with E-state index in [1.54, 1.807) is 0 Å². The molecule has 0 fully saturated rings. The van der Waals surface area contributed by atoms with Crippen LogP contribution in [0, 0.1) is 0 Å². The lowest BCUT2D eigenvalue weighted by Crippen LogP contribution is -2.32. The maximum atomic E-state index is 11.3. The molecule has 112 valence electrons. The van der Waals surface area contributed by atoms with Crippen LogP contribution in [0.5, 0.6) is 0 Å². The Morgan fingerprint density at radius 2 is 2.00 bits per heavy atom. The molecule has 0 bridgehead atoms. The maximum absolute atomic E-state index is 11.3. The molecule has 0 spiro atoms. The summed E-state index contributed by atoms with van der Waals surface area (Å²) < 4.78 is 22.5. The summed E-state index contributed by atoms with van der Waals surface area (Å²) >= 11 is 0. The Balaban J connectivity index is 2.87. The molecule has 1 atom stereocenters. The van der Waals surface area contributed by atoms with Gasteiger partial charge in [-0.1, -0.05) is 35.5 Å². The molecule has 0 aromatic heterocycles. The van der Waals surface area contributed by atoms with Crippen molar-refractivity contribution in [1.29, 1.82) is 0 Å². The Bertz CT molecular complexity index is 543. The molecule has 0 amide bonds. The molecule has 1 rings (SSSR count). The molecule has 1 aromatic rings. The third kappa shape index (κ3) is 5.58. The molecule has 0 aliphatic carbocycles. The van der Waals surface area contributed by atoms with Crippen LogP contribution in [0.15, 0.2) is 35.5 Å². The molecule has 0 heterocycles. The van der Waals surface area contributed by atoms with Crippen molar-refractivity contribution >= 4 is 15.7 Å². The van der Waals surface area contributed by atoms with Crippen molar-refractivity contribution in [2.24, 2.45) is 10.9 Å². The van der Waals surface area contributed by atoms with Gasteiger partial charge in [-0.25, -0.2) is 8.42 Å². The van der Waals surface area contributed by atoms with E-state index in [0.29, 0.717) is 13.0 Å². The van der Waals surface area contributed by atoms with E-state index in [-0.39, 0.29) is 17.6 Å². The number of amidine groups is 1. The van der Waals surface area contributed by atoms with Crippen LogP contribution in [0.3, 0.4) is 0 Å². The second kappa shape index (κ2) is 7.25. The summed E-state index contributed by atoms with van der Waals surface area (Å²) in [7, 11) is -1.19. The molecule has 0 aliphatic rings. The SMILES string of the molecule is CN(CCS(C)(=O)=O)C(CC(N)=NO)c1ccccc1. The van der Waals surface area contributed by atoms with Gasteiger partial charge in [-0.3, -0.25) is 4.90 Å². The van der Waals surface area contributed by atoms with Gasteiger partial charge in [0.2, 0.25) is 0 Å². The van der Waals surface area contributed by atoms with Gasteiger partial charge in [0.15, 0.2) is 0 Å². The van der Waals surface area contributed by atoms with Crippen LogP contribution < -0.4 is 5.73 Å². The number of hydrogen-bond donors (Lipinski definition) is 2. The lowest BCUT2D eigenvalue weighted by molar-refractivity contribution is 0.259. The first-order valence-electron chi connectivity index (χ1n) is 6.23. The predicted octanol–water partition coefficient (Wildman–Crippen LogP) is 0.841. The van der Waals surface area contributed by atoms with Crippen molar-refractivity contribution < 1.29 is 13.6 Å². The Kier molecular flexibility index (Phi) is 5.97. The summed E-state index contributed by atoms with van der Waals surface area (Å²) in [6.45, 7) is 0.386. The molecule has 20 heavy (non-hydrogen) atoms. The third-order valence-corrected chi connectivity index (χ3v) is 3.99. The van der Waals surface area contributed by atoms with Gasteiger partial charge in [0.1, 0.15) is 15.7 Å². The number of rotatable bonds is 7. The van der Waals surface area contributed by atoms with Crippen LogP contribution in [0.25, 0.3) is 0 Å². The first kappa shape index (κ1) is 16.5. The zero-order chi connectivity index (χ0) is 15.2. The average molecular weight is 299 g/mol. The molecule has 0 radical (unpaired) electrons. The maximum Gasteiger partial charge on any atom is 0.148 e. The molecule has 0 aliphatic heterocycles. The minimum Gasteiger partial charge on any atom is -0.409 e. The summed E-state index contributed by atoms with van der Waals surface area (Å²) in [5.74, 6) is 0.188. The lowest BCUT2D eigenvalue weighted by Gasteiger charge is -2.28. The highest BCUT2D eigenvalue weighted by molar-refractivity contribution is 7.90. The van der Waals surface area contributed by atoms with Gasteiger partial charge >= 0.3 is 0 Å². The topological polar surface area (TPSA) is 96.0 Å². The number of hydrogen-bond acceptors (Lipinski definition) is 5. The summed E-state index contributed by atoms with van der Waals surface area (Å²) in [5.41, 5.74) is 6.58. The van der Waals surface area contributed by atoms with E-state index >= 15 is 0 Å². The van der Waals surface area contributed by atoms with Gasteiger partial charge < -0.3 is 10.9 Å². The molecular weight excluding hydrogens is 278 g/mol. The predicted molar refractivity (Wildman–Crippen MR) is 79.5 cm³/mol. The number of benzene rings is 1. The van der Waals surface area contributed by atoms with E-state index in [1.807, 2.05) is 42.3 Å². The van der Waals surface area contributed by atoms with Crippen LogP contribution in [-0.2, 0) is 9.84 Å². The Labute approximate surface area is 119 Å². The van der Waals surface area contributed by atoms with Gasteiger partial charge in [-0.15, -0.1) is 0 Å². The van der Waals surface area contributed by atoms with Crippen LogP contribution in [-0.4, -0.2) is 50.0 Å². The van der Waals surface area contributed by atoms with Gasteiger partial charge in [-0.2, -0.15) is 0 Å². The van der Waals surface area contributed by atoms with Gasteiger partial charge in [0.25, 0.3) is 0 Å². The van der Waals surface area contributed by atoms with E-state index < -0.39 is 9.84 Å². The Morgan fingerprint density at radius 1 is 1.40 bits per heavy atom. The number of oxime groups is 1. The minimum atomic E-state index is -3.02. The van der Waals surface area contributed by atoms with Crippen molar-refractivity contribution in [3.05, 3.63) is 35.9 Å². The highest BCUT2D eigenvalue weighted by Gasteiger charge is 2.19. The second-order valence-electron chi connectivity index (χ2n) is 4.83. The minimum absolute atomic E-state index is 0.0724. The van der Waals surface area contributed by atoms with Crippen LogP contribution >= 0.6 is 0 Å². The molecule has 3 N–H and O–H groups in total. The van der Waals surface area contributed by atoms with E-state index in [0.717, 1.165) is 5.56 Å². The normalized spacial score (nSPS) is 14.4. The average Bonchev–Trinajstić information content (AvgIpc) is 2.42. The van der Waals surface area contributed by atoms with Crippen molar-refractivity contribution in [2.75, 3.05) is 25.6 Å². The van der Waals surface area contributed by atoms with Crippen molar-refractivity contribution in [1.82, 2.24) is 4.90 Å². The number of nitrogens with zero attached hydrogens (tertiary/aromatic N) is 2. The molecule has 7 heteroatoms. The van der Waals surface area contributed by atoms with E-state index in [9.17, 15) is 8.42 Å². The fraction of sp³-hybridized carbons (Fsp3) is 0.462. The zero-order valence-corrected chi connectivity index (χ0v) is 12.5. The standard InChI is InChI=1S/C13H21N3O3S/c1-16(8-9-20(2,18)19)12(10-13(14)15-17)11-6-4-3-5-7-11/h3-7,12,17H,8-10H2,1-2H3,(H2,14,15). The Hall–Kier alpha value is -1.60. The van der Waals surface area contributed by atoms with E-state index in [1.165, 1.54) is 6.26 Å². The molecule has 1 unspecified atom stereocenters. The lowest BCUT2D eigenvalue weighted by atomic mass is 10.0. The third-order valence-electron chi connectivity index (χ3n) is 3.06. The smallest absolute Gasteiger partial charge is 0.148 e. The quantitative estimate of drug-likeness (QED) is 0.337. The molecule has 0 saturated carbocycles. The van der Waals surface area contributed by atoms with Gasteiger partial charge in [-0.05, 0) is 12.6 Å². The fourth-order valence-corrected chi connectivity index (χ4v) is 2.53. The van der Waals surface area contributed by atoms with Crippen molar-refractivity contribution in [3.8, 4) is 0 Å². The van der Waals surface area contributed by atoms with Crippen LogP contribution in [0.4, 0.5) is 0 Å². The van der Waals surface area contributed by atoms with E-state index in [2.05, 4.69) is 5.16 Å². The van der Waals surface area contributed by atoms with Crippen LogP contribution in [0.1, 0.15) is 18.0 Å². The zero-order valence-electron chi connectivity index (χ0n) is 11.7. The Morgan fingerprint density at radius 3 is 2.50 bits per heavy atom. The summed E-state index contributed by atoms with van der Waals surface area (Å²) in [6, 6.07) is 9.45. The highest BCUT2D eigenvalue weighted by Crippen LogP contribution is 2.22. The summed E-state index contributed by atoms with van der Waals surface area (Å²) in [4.78, 5) is 1.90. The first-order valence-corrected chi connectivity index (χ1v) is 8.29. The number of sulfone groups is 1. The highest BCUT2D eigenvalue weighted by atomic mass is 32.2. The van der Waals surface area contributed by atoms with Crippen molar-refractivity contribution in [3.63, 3.8) is 0 Å². The van der Waals surface area contributed by atoms with Crippen LogP contribution in [0.2, 0.25) is 0 Å². The largest absolute Gasteiger partial charge is 0.409 e.